The molecule has 2 aromatic rings. The molecule has 0 radical (unpaired) electrons. The quantitative estimate of drug-likeness (QED) is 0.439. The molecule has 2 atom stereocenters. The highest BCUT2D eigenvalue weighted by atomic mass is 35.5. The Balaban J connectivity index is 1.87. The smallest absolute Gasteiger partial charge is 0.323 e. The zero-order valence-corrected chi connectivity index (χ0v) is 23.0. The summed E-state index contributed by atoms with van der Waals surface area (Å²) in [7, 11) is -4.07. The molecule has 0 saturated carbocycles. The third kappa shape index (κ3) is 6.77. The third-order valence-corrected chi connectivity index (χ3v) is 7.49. The topological polar surface area (TPSA) is 130 Å². The molecule has 1 saturated heterocycles. The summed E-state index contributed by atoms with van der Waals surface area (Å²) in [6.07, 6.45) is 1.46. The number of thiazole rings is 1. The van der Waals surface area contributed by atoms with E-state index in [0.29, 0.717) is 5.01 Å². The van der Waals surface area contributed by atoms with Gasteiger partial charge in [0.25, 0.3) is 11.8 Å². The van der Waals surface area contributed by atoms with Crippen molar-refractivity contribution in [1.29, 1.82) is 0 Å². The highest BCUT2D eigenvalue weighted by Gasteiger charge is 2.49. The molecule has 1 amide bonds. The SMILES string of the molecule is CCOC(=O)[C@@H]1CC(F)(F)CN1CC1=C(C(=O)NS(C)(=O)=O)C(c2ccc(F)cc2Cl)N=C(c2nccs2)N1. The number of carbonyl (C=O) groups is 2. The summed E-state index contributed by atoms with van der Waals surface area (Å²) in [4.78, 5) is 35.7. The number of rotatable bonds is 8. The van der Waals surface area contributed by atoms with Crippen molar-refractivity contribution in [2.75, 3.05) is 26.0 Å². The van der Waals surface area contributed by atoms with Crippen molar-refractivity contribution in [3.8, 4) is 0 Å². The van der Waals surface area contributed by atoms with E-state index in [0.717, 1.165) is 23.3 Å². The number of sulfonamides is 1. The summed E-state index contributed by atoms with van der Waals surface area (Å²) in [6.45, 7) is 0.283. The molecule has 210 valence electrons. The number of likely N-dealkylation sites (tertiary alicyclic amines) is 1. The molecule has 1 aromatic heterocycles. The van der Waals surface area contributed by atoms with Gasteiger partial charge in [-0.05, 0) is 19.1 Å². The van der Waals surface area contributed by atoms with Gasteiger partial charge in [-0.15, -0.1) is 11.3 Å². The molecule has 1 fully saturated rings. The van der Waals surface area contributed by atoms with Crippen molar-refractivity contribution in [3.05, 3.63) is 62.5 Å². The Morgan fingerprint density at radius 3 is 2.72 bits per heavy atom. The number of hydrogen-bond acceptors (Lipinski definition) is 10. The number of hydrogen-bond donors (Lipinski definition) is 2. The molecular formula is C23H23ClF3N5O5S2. The van der Waals surface area contributed by atoms with Gasteiger partial charge in [-0.1, -0.05) is 17.7 Å². The van der Waals surface area contributed by atoms with Crippen molar-refractivity contribution in [2.45, 2.75) is 31.4 Å². The number of benzene rings is 1. The van der Waals surface area contributed by atoms with Crippen LogP contribution >= 0.6 is 22.9 Å². The standard InChI is InChI=1S/C23H23ClF3N5O5S2/c1-3-37-22(34)16-9-23(26,27)11-32(16)10-15-17(20(33)31-39(2,35)36)18(13-5-4-12(25)8-14(13)24)30-19(29-15)21-28-6-7-38-21/h4-8,16,18H,3,9-11H2,1-2H3,(H,29,30)(H,31,33)/t16-,18?/m0/s1. The molecule has 3 heterocycles. The summed E-state index contributed by atoms with van der Waals surface area (Å²) < 4.78 is 73.6. The molecule has 39 heavy (non-hydrogen) atoms. The average Bonchev–Trinajstić information content (AvgIpc) is 3.45. The molecule has 0 spiro atoms. The molecular weight excluding hydrogens is 583 g/mol. The van der Waals surface area contributed by atoms with Crippen molar-refractivity contribution >= 4 is 50.7 Å². The van der Waals surface area contributed by atoms with Crippen LogP contribution in [0.1, 0.15) is 30.0 Å². The fraction of sp³-hybridized carbons (Fsp3) is 0.391. The van der Waals surface area contributed by atoms with E-state index in [1.807, 2.05) is 4.72 Å². The van der Waals surface area contributed by atoms with Crippen LogP contribution in [0.3, 0.4) is 0 Å². The molecule has 10 nitrogen and oxygen atoms in total. The first-order valence-electron chi connectivity index (χ1n) is 11.5. The summed E-state index contributed by atoms with van der Waals surface area (Å²) in [5.74, 6) is -5.72. The molecule has 0 bridgehead atoms. The maximum atomic E-state index is 14.5. The second kappa shape index (κ2) is 11.2. The van der Waals surface area contributed by atoms with Gasteiger partial charge in [0.2, 0.25) is 10.0 Å². The van der Waals surface area contributed by atoms with Gasteiger partial charge >= 0.3 is 5.97 Å². The second-order valence-corrected chi connectivity index (χ2v) is 11.9. The van der Waals surface area contributed by atoms with E-state index < -0.39 is 65.2 Å². The van der Waals surface area contributed by atoms with E-state index in [1.165, 1.54) is 23.6 Å². The average molecular weight is 606 g/mol. The first kappa shape index (κ1) is 29.0. The van der Waals surface area contributed by atoms with Gasteiger partial charge < -0.3 is 10.1 Å². The minimum atomic E-state index is -4.07. The van der Waals surface area contributed by atoms with Crippen molar-refractivity contribution in [3.63, 3.8) is 0 Å². The maximum absolute atomic E-state index is 14.5. The summed E-state index contributed by atoms with van der Waals surface area (Å²) in [5.41, 5.74) is -0.140. The number of nitrogens with zero attached hydrogens (tertiary/aromatic N) is 3. The van der Waals surface area contributed by atoms with Crippen LogP contribution < -0.4 is 10.0 Å². The van der Waals surface area contributed by atoms with Crippen LogP contribution in [0.25, 0.3) is 0 Å². The fourth-order valence-electron chi connectivity index (χ4n) is 4.33. The first-order valence-corrected chi connectivity index (χ1v) is 14.7. The van der Waals surface area contributed by atoms with Crippen LogP contribution in [0, 0.1) is 5.82 Å². The van der Waals surface area contributed by atoms with Gasteiger partial charge in [-0.3, -0.25) is 19.5 Å². The van der Waals surface area contributed by atoms with Crippen molar-refractivity contribution < 1.29 is 35.9 Å². The zero-order chi connectivity index (χ0) is 28.5. The minimum absolute atomic E-state index is 0.0197. The summed E-state index contributed by atoms with van der Waals surface area (Å²) >= 11 is 7.49. The number of carbonyl (C=O) groups excluding carboxylic acids is 2. The Hall–Kier alpha value is -3.01. The van der Waals surface area contributed by atoms with Crippen molar-refractivity contribution in [2.24, 2.45) is 4.99 Å². The van der Waals surface area contributed by atoms with E-state index >= 15 is 0 Å². The number of esters is 1. The van der Waals surface area contributed by atoms with Gasteiger partial charge in [0.1, 0.15) is 17.9 Å². The molecule has 4 rings (SSSR count). The van der Waals surface area contributed by atoms with Crippen LogP contribution in [0.5, 0.6) is 0 Å². The van der Waals surface area contributed by atoms with Crippen molar-refractivity contribution in [1.82, 2.24) is 19.9 Å². The van der Waals surface area contributed by atoms with E-state index in [4.69, 9.17) is 16.3 Å². The number of halogens is 4. The van der Waals surface area contributed by atoms with Gasteiger partial charge in [-0.25, -0.2) is 31.3 Å². The Bertz CT molecular complexity index is 1450. The number of aliphatic imine (C=N–C) groups is 1. The van der Waals surface area contributed by atoms with Crippen LogP contribution in [0.4, 0.5) is 13.2 Å². The second-order valence-electron chi connectivity index (χ2n) is 8.84. The molecule has 0 aliphatic carbocycles. The maximum Gasteiger partial charge on any atom is 0.323 e. The van der Waals surface area contributed by atoms with Gasteiger partial charge in [0.05, 0.1) is 25.0 Å². The Kier molecular flexibility index (Phi) is 8.35. The molecule has 2 N–H and O–H groups in total. The van der Waals surface area contributed by atoms with Crippen LogP contribution in [0.2, 0.25) is 5.02 Å². The lowest BCUT2D eigenvalue weighted by molar-refractivity contribution is -0.148. The Morgan fingerprint density at radius 1 is 1.36 bits per heavy atom. The third-order valence-electron chi connectivity index (χ3n) is 5.83. The predicted molar refractivity (Wildman–Crippen MR) is 138 cm³/mol. The summed E-state index contributed by atoms with van der Waals surface area (Å²) in [6, 6.07) is 0.766. The Morgan fingerprint density at radius 2 is 2.10 bits per heavy atom. The number of ether oxygens (including phenoxy) is 1. The number of amidine groups is 1. The van der Waals surface area contributed by atoms with Crippen LogP contribution in [-0.4, -0.2) is 73.9 Å². The predicted octanol–water partition coefficient (Wildman–Crippen LogP) is 2.63. The molecule has 1 unspecified atom stereocenters. The zero-order valence-electron chi connectivity index (χ0n) is 20.6. The fourth-order valence-corrected chi connectivity index (χ4v) is 5.64. The van der Waals surface area contributed by atoms with E-state index in [1.54, 1.807) is 12.3 Å². The highest BCUT2D eigenvalue weighted by Crippen LogP contribution is 2.38. The minimum Gasteiger partial charge on any atom is -0.465 e. The van der Waals surface area contributed by atoms with E-state index in [-0.39, 0.29) is 34.3 Å². The lowest BCUT2D eigenvalue weighted by Crippen LogP contribution is -2.45. The van der Waals surface area contributed by atoms with Crippen LogP contribution in [0.15, 0.2) is 46.0 Å². The normalized spacial score (nSPS) is 21.3. The van der Waals surface area contributed by atoms with Gasteiger partial charge in [0.15, 0.2) is 10.8 Å². The summed E-state index contributed by atoms with van der Waals surface area (Å²) in [5, 5.41) is 4.84. The number of alkyl halides is 2. The molecule has 16 heteroatoms. The van der Waals surface area contributed by atoms with Gasteiger partial charge in [0, 0.05) is 40.8 Å². The van der Waals surface area contributed by atoms with E-state index in [2.05, 4.69) is 15.3 Å². The largest absolute Gasteiger partial charge is 0.465 e. The number of aromatic nitrogens is 1. The van der Waals surface area contributed by atoms with Crippen LogP contribution in [-0.2, 0) is 24.3 Å². The first-order chi connectivity index (χ1) is 18.3. The van der Waals surface area contributed by atoms with E-state index in [9.17, 15) is 31.2 Å². The van der Waals surface area contributed by atoms with Gasteiger partial charge in [-0.2, -0.15) is 0 Å². The lowest BCUT2D eigenvalue weighted by atomic mass is 9.94. The lowest BCUT2D eigenvalue weighted by Gasteiger charge is -2.31. The molecule has 2 aliphatic heterocycles. The Labute approximate surface area is 231 Å². The number of nitrogens with one attached hydrogen (secondary N) is 2. The monoisotopic (exact) mass is 605 g/mol. The number of amides is 1. The molecule has 1 aromatic carbocycles. The molecule has 2 aliphatic rings. The highest BCUT2D eigenvalue weighted by molar-refractivity contribution is 7.89.